The van der Waals surface area contributed by atoms with Gasteiger partial charge in [-0.2, -0.15) is 0 Å². The molecule has 0 aliphatic carbocycles. The number of anilines is 1. The van der Waals surface area contributed by atoms with E-state index in [0.29, 0.717) is 17.3 Å². The number of nitrogens with one attached hydrogen (secondary N) is 1. The third-order valence-electron chi connectivity index (χ3n) is 5.06. The molecular formula is C22H19ClN2O6. The average molecular weight is 443 g/mol. The number of imide groups is 1. The number of carbonyl (C=O) groups is 4. The number of amides is 3. The molecule has 1 N–H and O–H groups in total. The van der Waals surface area contributed by atoms with Crippen molar-refractivity contribution in [1.82, 2.24) is 4.90 Å². The van der Waals surface area contributed by atoms with Crippen molar-refractivity contribution in [2.45, 2.75) is 18.9 Å². The third-order valence-corrected chi connectivity index (χ3v) is 5.29. The van der Waals surface area contributed by atoms with Crippen LogP contribution in [0.1, 0.15) is 43.9 Å². The van der Waals surface area contributed by atoms with Crippen LogP contribution in [0.2, 0.25) is 5.02 Å². The molecule has 160 valence electrons. The molecule has 2 aromatic rings. The van der Waals surface area contributed by atoms with Crippen molar-refractivity contribution in [2.24, 2.45) is 0 Å². The van der Waals surface area contributed by atoms with E-state index in [2.05, 4.69) is 5.32 Å². The summed E-state index contributed by atoms with van der Waals surface area (Å²) in [6.07, 6.45) is 1.53. The van der Waals surface area contributed by atoms with Crippen molar-refractivity contribution in [3.05, 3.63) is 64.2 Å². The summed E-state index contributed by atoms with van der Waals surface area (Å²) in [4.78, 5) is 50.7. The molecule has 1 atom stereocenters. The summed E-state index contributed by atoms with van der Waals surface area (Å²) < 4.78 is 10.5. The molecule has 0 saturated carbocycles. The van der Waals surface area contributed by atoms with Crippen LogP contribution in [0.15, 0.2) is 42.5 Å². The summed E-state index contributed by atoms with van der Waals surface area (Å²) in [5.41, 5.74) is 0.926. The van der Waals surface area contributed by atoms with Gasteiger partial charge in [-0.25, -0.2) is 4.79 Å². The zero-order chi connectivity index (χ0) is 22.0. The molecule has 9 heteroatoms. The van der Waals surface area contributed by atoms with Gasteiger partial charge in [0.15, 0.2) is 6.61 Å². The Morgan fingerprint density at radius 1 is 1.13 bits per heavy atom. The third kappa shape index (κ3) is 4.60. The topological polar surface area (TPSA) is 102 Å². The van der Waals surface area contributed by atoms with Crippen molar-refractivity contribution >= 4 is 41.0 Å². The molecule has 1 fully saturated rings. The molecule has 4 rings (SSSR count). The largest absolute Gasteiger partial charge is 0.452 e. The van der Waals surface area contributed by atoms with Gasteiger partial charge in [0, 0.05) is 17.3 Å². The maximum Gasteiger partial charge on any atom is 0.338 e. The average Bonchev–Trinajstić information content (AvgIpc) is 3.35. The van der Waals surface area contributed by atoms with Gasteiger partial charge in [0.2, 0.25) is 0 Å². The summed E-state index contributed by atoms with van der Waals surface area (Å²) >= 11 is 5.86. The predicted octanol–water partition coefficient (Wildman–Crippen LogP) is 2.91. The zero-order valence-corrected chi connectivity index (χ0v) is 17.2. The molecule has 0 spiro atoms. The lowest BCUT2D eigenvalue weighted by Gasteiger charge is -2.17. The lowest BCUT2D eigenvalue weighted by Crippen LogP contribution is -2.36. The van der Waals surface area contributed by atoms with E-state index in [9.17, 15) is 19.2 Å². The van der Waals surface area contributed by atoms with E-state index in [0.717, 1.165) is 17.7 Å². The number of halogens is 1. The molecule has 31 heavy (non-hydrogen) atoms. The Morgan fingerprint density at radius 2 is 1.94 bits per heavy atom. The first-order valence-corrected chi connectivity index (χ1v) is 10.1. The van der Waals surface area contributed by atoms with Gasteiger partial charge in [-0.1, -0.05) is 17.7 Å². The maximum atomic E-state index is 12.7. The van der Waals surface area contributed by atoms with Crippen molar-refractivity contribution in [3.63, 3.8) is 0 Å². The Labute approximate surface area is 183 Å². The molecule has 0 radical (unpaired) electrons. The standard InChI is InChI=1S/C22H19ClN2O6/c23-14-3-1-4-15(10-14)24-19(26)12-31-22(29)13-6-7-17-18(9-13)21(28)25(20(17)27)11-16-5-2-8-30-16/h1,3-4,6-7,9-10,16H,2,5,8,11-12H2,(H,24,26)/t16-/m0/s1. The Bertz CT molecular complexity index is 1060. The van der Waals surface area contributed by atoms with Gasteiger partial charge in [-0.3, -0.25) is 19.3 Å². The molecule has 1 saturated heterocycles. The number of benzene rings is 2. The number of rotatable bonds is 6. The highest BCUT2D eigenvalue weighted by Gasteiger charge is 2.38. The highest BCUT2D eigenvalue weighted by Crippen LogP contribution is 2.26. The van der Waals surface area contributed by atoms with Crippen LogP contribution in [0.4, 0.5) is 5.69 Å². The highest BCUT2D eigenvalue weighted by molar-refractivity contribution is 6.30. The van der Waals surface area contributed by atoms with Crippen LogP contribution in [0.3, 0.4) is 0 Å². The molecule has 2 aliphatic heterocycles. The molecule has 0 unspecified atom stereocenters. The predicted molar refractivity (Wildman–Crippen MR) is 111 cm³/mol. The monoisotopic (exact) mass is 442 g/mol. The quantitative estimate of drug-likeness (QED) is 0.545. The van der Waals surface area contributed by atoms with Gasteiger partial charge < -0.3 is 14.8 Å². The van der Waals surface area contributed by atoms with Gasteiger partial charge in [0.05, 0.1) is 29.3 Å². The summed E-state index contributed by atoms with van der Waals surface area (Å²) in [7, 11) is 0. The fourth-order valence-electron chi connectivity index (χ4n) is 3.55. The molecule has 2 aliphatic rings. The van der Waals surface area contributed by atoms with E-state index < -0.39 is 30.3 Å². The minimum absolute atomic E-state index is 0.0782. The number of hydrogen-bond acceptors (Lipinski definition) is 6. The summed E-state index contributed by atoms with van der Waals surface area (Å²) in [5, 5.41) is 3.03. The van der Waals surface area contributed by atoms with Crippen molar-refractivity contribution in [1.29, 1.82) is 0 Å². The molecule has 2 heterocycles. The molecule has 0 bridgehead atoms. The zero-order valence-electron chi connectivity index (χ0n) is 16.4. The first kappa shape index (κ1) is 21.0. The molecular weight excluding hydrogens is 424 g/mol. The number of hydrogen-bond donors (Lipinski definition) is 1. The Hall–Kier alpha value is -3.23. The Morgan fingerprint density at radius 3 is 2.68 bits per heavy atom. The van der Waals surface area contributed by atoms with E-state index in [1.807, 2.05) is 0 Å². The van der Waals surface area contributed by atoms with Crippen LogP contribution >= 0.6 is 11.6 Å². The Kier molecular flexibility index (Phi) is 6.01. The van der Waals surface area contributed by atoms with Crippen LogP contribution in [0.5, 0.6) is 0 Å². The second kappa shape index (κ2) is 8.87. The number of fused-ring (bicyclic) bond motifs is 1. The summed E-state index contributed by atoms with van der Waals surface area (Å²) in [6, 6.07) is 10.7. The molecule has 3 amide bonds. The van der Waals surface area contributed by atoms with Gasteiger partial charge in [-0.15, -0.1) is 0 Å². The van der Waals surface area contributed by atoms with Gasteiger partial charge in [0.25, 0.3) is 17.7 Å². The SMILES string of the molecule is O=C(COC(=O)c1ccc2c(c1)C(=O)N(C[C@@H]1CCCO1)C2=O)Nc1cccc(Cl)c1. The van der Waals surface area contributed by atoms with Gasteiger partial charge in [0.1, 0.15) is 0 Å². The van der Waals surface area contributed by atoms with Crippen LogP contribution in [-0.4, -0.2) is 54.5 Å². The van der Waals surface area contributed by atoms with E-state index in [-0.39, 0.29) is 29.3 Å². The van der Waals surface area contributed by atoms with Crippen molar-refractivity contribution in [3.8, 4) is 0 Å². The fourth-order valence-corrected chi connectivity index (χ4v) is 3.74. The minimum atomic E-state index is -0.776. The van der Waals surface area contributed by atoms with Gasteiger partial charge in [-0.05, 0) is 49.2 Å². The number of ether oxygens (including phenoxy) is 2. The number of carbonyl (C=O) groups excluding carboxylic acids is 4. The van der Waals surface area contributed by atoms with Crippen LogP contribution < -0.4 is 5.32 Å². The maximum absolute atomic E-state index is 12.7. The van der Waals surface area contributed by atoms with E-state index in [4.69, 9.17) is 21.1 Å². The fraction of sp³-hybridized carbons (Fsp3) is 0.273. The van der Waals surface area contributed by atoms with Crippen LogP contribution in [0.25, 0.3) is 0 Å². The second-order valence-corrected chi connectivity index (χ2v) is 7.69. The highest BCUT2D eigenvalue weighted by atomic mass is 35.5. The minimum Gasteiger partial charge on any atom is -0.452 e. The molecule has 8 nitrogen and oxygen atoms in total. The van der Waals surface area contributed by atoms with Crippen LogP contribution in [-0.2, 0) is 14.3 Å². The van der Waals surface area contributed by atoms with E-state index in [1.54, 1.807) is 24.3 Å². The first-order valence-electron chi connectivity index (χ1n) is 9.77. The molecule has 0 aromatic heterocycles. The summed E-state index contributed by atoms with van der Waals surface area (Å²) in [5.74, 6) is -2.19. The van der Waals surface area contributed by atoms with Crippen molar-refractivity contribution in [2.75, 3.05) is 25.1 Å². The lowest BCUT2D eigenvalue weighted by molar-refractivity contribution is -0.119. The number of esters is 1. The second-order valence-electron chi connectivity index (χ2n) is 7.25. The first-order chi connectivity index (χ1) is 14.9. The van der Waals surface area contributed by atoms with Gasteiger partial charge >= 0.3 is 5.97 Å². The lowest BCUT2D eigenvalue weighted by atomic mass is 10.1. The van der Waals surface area contributed by atoms with Crippen LogP contribution in [0, 0.1) is 0 Å². The summed E-state index contributed by atoms with van der Waals surface area (Å²) in [6.45, 7) is 0.297. The smallest absolute Gasteiger partial charge is 0.338 e. The van der Waals surface area contributed by atoms with Crippen molar-refractivity contribution < 1.29 is 28.7 Å². The van der Waals surface area contributed by atoms with E-state index in [1.165, 1.54) is 18.2 Å². The normalized spacial score (nSPS) is 17.6. The number of nitrogens with zero attached hydrogens (tertiary/aromatic N) is 1. The van der Waals surface area contributed by atoms with E-state index >= 15 is 0 Å². The Balaban J connectivity index is 1.38. The molecule has 2 aromatic carbocycles.